The summed E-state index contributed by atoms with van der Waals surface area (Å²) in [5, 5.41) is 18.7. The first kappa shape index (κ1) is 12.9. The number of aliphatic carboxylic acids is 1. The van der Waals surface area contributed by atoms with Gasteiger partial charge in [0.05, 0.1) is 0 Å². The Morgan fingerprint density at radius 2 is 2.06 bits per heavy atom. The third-order valence-corrected chi connectivity index (χ3v) is 3.85. The van der Waals surface area contributed by atoms with E-state index in [1.807, 2.05) is 6.07 Å². The molecule has 0 spiro atoms. The molecule has 0 aromatic heterocycles. The topological polar surface area (TPSA) is 57.5 Å². The zero-order chi connectivity index (χ0) is 13.1. The van der Waals surface area contributed by atoms with E-state index < -0.39 is 5.97 Å². The molecule has 1 aliphatic rings. The van der Waals surface area contributed by atoms with Crippen LogP contribution in [0.1, 0.15) is 47.9 Å². The second kappa shape index (κ2) is 5.42. The van der Waals surface area contributed by atoms with Crippen LogP contribution >= 0.6 is 0 Å². The van der Waals surface area contributed by atoms with Crippen LogP contribution in [0.5, 0.6) is 5.75 Å². The van der Waals surface area contributed by atoms with Crippen molar-refractivity contribution in [3.05, 3.63) is 28.3 Å². The number of phenols is 1. The SMILES string of the molecule is Cc1c(CCCC(=O)O)c(O)cc2c1CCCC2. The van der Waals surface area contributed by atoms with Crippen LogP contribution in [-0.4, -0.2) is 16.2 Å². The molecule has 2 N–H and O–H groups in total. The molecular formula is C15H20O3. The van der Waals surface area contributed by atoms with Gasteiger partial charge in [0.2, 0.25) is 0 Å². The van der Waals surface area contributed by atoms with Crippen LogP contribution in [0.3, 0.4) is 0 Å². The molecule has 0 atom stereocenters. The third kappa shape index (κ3) is 2.66. The Balaban J connectivity index is 2.21. The Morgan fingerprint density at radius 1 is 1.33 bits per heavy atom. The van der Waals surface area contributed by atoms with Gasteiger partial charge in [-0.1, -0.05) is 0 Å². The van der Waals surface area contributed by atoms with Crippen molar-refractivity contribution in [2.24, 2.45) is 0 Å². The Bertz CT molecular complexity index is 463. The maximum absolute atomic E-state index is 10.5. The van der Waals surface area contributed by atoms with Crippen molar-refractivity contribution in [3.8, 4) is 5.75 Å². The quantitative estimate of drug-likeness (QED) is 0.861. The highest BCUT2D eigenvalue weighted by Gasteiger charge is 2.17. The zero-order valence-electron chi connectivity index (χ0n) is 10.8. The summed E-state index contributed by atoms with van der Waals surface area (Å²) in [7, 11) is 0. The fourth-order valence-electron chi connectivity index (χ4n) is 2.87. The van der Waals surface area contributed by atoms with E-state index >= 15 is 0 Å². The molecule has 1 aromatic carbocycles. The third-order valence-electron chi connectivity index (χ3n) is 3.85. The predicted octanol–water partition coefficient (Wildman–Crippen LogP) is 2.99. The standard InChI is InChI=1S/C15H20O3/c1-10-12-6-3-2-5-11(12)9-14(16)13(10)7-4-8-15(17)18/h9,16H,2-8H2,1H3,(H,17,18). The summed E-state index contributed by atoms with van der Waals surface area (Å²) in [6.07, 6.45) is 5.96. The van der Waals surface area contributed by atoms with Crippen molar-refractivity contribution in [1.29, 1.82) is 0 Å². The van der Waals surface area contributed by atoms with Crippen molar-refractivity contribution < 1.29 is 15.0 Å². The van der Waals surface area contributed by atoms with E-state index in [0.717, 1.165) is 18.4 Å². The number of phenolic OH excluding ortho intramolecular Hbond substituents is 1. The van der Waals surface area contributed by atoms with Gasteiger partial charge in [-0.25, -0.2) is 0 Å². The predicted molar refractivity (Wildman–Crippen MR) is 70.1 cm³/mol. The number of carboxylic acids is 1. The fraction of sp³-hybridized carbons (Fsp3) is 0.533. The van der Waals surface area contributed by atoms with Gasteiger partial charge in [-0.05, 0) is 73.8 Å². The number of aryl methyl sites for hydroxylation is 1. The minimum absolute atomic E-state index is 0.163. The van der Waals surface area contributed by atoms with Gasteiger partial charge >= 0.3 is 5.97 Å². The highest BCUT2D eigenvalue weighted by molar-refractivity contribution is 5.66. The molecule has 0 unspecified atom stereocenters. The molecule has 1 aliphatic carbocycles. The molecule has 1 aromatic rings. The largest absolute Gasteiger partial charge is 0.508 e. The van der Waals surface area contributed by atoms with Crippen LogP contribution < -0.4 is 0 Å². The van der Waals surface area contributed by atoms with Crippen molar-refractivity contribution in [2.45, 2.75) is 51.9 Å². The number of hydrogen-bond acceptors (Lipinski definition) is 2. The number of rotatable bonds is 4. The Morgan fingerprint density at radius 3 is 2.78 bits per heavy atom. The molecule has 0 bridgehead atoms. The summed E-state index contributed by atoms with van der Waals surface area (Å²) in [5.41, 5.74) is 4.77. The second-order valence-electron chi connectivity index (χ2n) is 5.09. The van der Waals surface area contributed by atoms with Gasteiger partial charge in [0.25, 0.3) is 0 Å². The molecule has 0 saturated carbocycles. The number of benzene rings is 1. The molecule has 0 amide bonds. The van der Waals surface area contributed by atoms with Gasteiger partial charge in [0, 0.05) is 6.42 Å². The van der Waals surface area contributed by atoms with Gasteiger partial charge in [-0.15, -0.1) is 0 Å². The van der Waals surface area contributed by atoms with Crippen LogP contribution in [0.4, 0.5) is 0 Å². The fourth-order valence-corrected chi connectivity index (χ4v) is 2.87. The average Bonchev–Trinajstić information content (AvgIpc) is 2.33. The number of hydrogen-bond donors (Lipinski definition) is 2. The number of carboxylic acid groups (broad SMARTS) is 1. The second-order valence-corrected chi connectivity index (χ2v) is 5.09. The normalized spacial score (nSPS) is 14.3. The maximum Gasteiger partial charge on any atom is 0.303 e. The molecule has 18 heavy (non-hydrogen) atoms. The van der Waals surface area contributed by atoms with E-state index in [-0.39, 0.29) is 6.42 Å². The summed E-state index contributed by atoms with van der Waals surface area (Å²) in [6.45, 7) is 2.06. The summed E-state index contributed by atoms with van der Waals surface area (Å²) >= 11 is 0. The Kier molecular flexibility index (Phi) is 3.90. The van der Waals surface area contributed by atoms with Crippen molar-refractivity contribution in [3.63, 3.8) is 0 Å². The van der Waals surface area contributed by atoms with E-state index in [0.29, 0.717) is 18.6 Å². The van der Waals surface area contributed by atoms with Crippen molar-refractivity contribution in [1.82, 2.24) is 0 Å². The van der Waals surface area contributed by atoms with Gasteiger partial charge in [-0.3, -0.25) is 4.79 Å². The molecule has 2 rings (SSSR count). The molecule has 0 radical (unpaired) electrons. The van der Waals surface area contributed by atoms with Crippen molar-refractivity contribution in [2.75, 3.05) is 0 Å². The Labute approximate surface area is 107 Å². The minimum Gasteiger partial charge on any atom is -0.508 e. The number of carbonyl (C=O) groups is 1. The number of aromatic hydroxyl groups is 1. The van der Waals surface area contributed by atoms with Gasteiger partial charge < -0.3 is 10.2 Å². The van der Waals surface area contributed by atoms with Gasteiger partial charge in [0.15, 0.2) is 0 Å². The monoisotopic (exact) mass is 248 g/mol. The van der Waals surface area contributed by atoms with Gasteiger partial charge in [0.1, 0.15) is 5.75 Å². The zero-order valence-corrected chi connectivity index (χ0v) is 10.8. The summed E-state index contributed by atoms with van der Waals surface area (Å²) in [6, 6.07) is 1.89. The van der Waals surface area contributed by atoms with Crippen LogP contribution in [-0.2, 0) is 24.1 Å². The van der Waals surface area contributed by atoms with Crippen LogP contribution in [0.25, 0.3) is 0 Å². The lowest BCUT2D eigenvalue weighted by atomic mass is 9.85. The highest BCUT2D eigenvalue weighted by Crippen LogP contribution is 2.33. The average molecular weight is 248 g/mol. The lowest BCUT2D eigenvalue weighted by Gasteiger charge is -2.21. The number of fused-ring (bicyclic) bond motifs is 1. The molecule has 0 saturated heterocycles. The smallest absolute Gasteiger partial charge is 0.303 e. The molecule has 98 valence electrons. The molecule has 0 heterocycles. The summed E-state index contributed by atoms with van der Waals surface area (Å²) in [5.74, 6) is -0.427. The minimum atomic E-state index is -0.773. The van der Waals surface area contributed by atoms with E-state index in [2.05, 4.69) is 6.92 Å². The van der Waals surface area contributed by atoms with Crippen LogP contribution in [0.2, 0.25) is 0 Å². The van der Waals surface area contributed by atoms with E-state index in [9.17, 15) is 9.90 Å². The highest BCUT2D eigenvalue weighted by atomic mass is 16.4. The van der Waals surface area contributed by atoms with Crippen LogP contribution in [0, 0.1) is 6.92 Å². The van der Waals surface area contributed by atoms with E-state index in [1.165, 1.54) is 29.5 Å². The molecular weight excluding hydrogens is 228 g/mol. The van der Waals surface area contributed by atoms with E-state index in [4.69, 9.17) is 5.11 Å². The lowest BCUT2D eigenvalue weighted by molar-refractivity contribution is -0.137. The summed E-state index contributed by atoms with van der Waals surface area (Å²) in [4.78, 5) is 10.5. The van der Waals surface area contributed by atoms with Crippen LogP contribution in [0.15, 0.2) is 6.07 Å². The van der Waals surface area contributed by atoms with Gasteiger partial charge in [-0.2, -0.15) is 0 Å². The van der Waals surface area contributed by atoms with Crippen molar-refractivity contribution >= 4 is 5.97 Å². The van der Waals surface area contributed by atoms with E-state index in [1.54, 1.807) is 0 Å². The lowest BCUT2D eigenvalue weighted by Crippen LogP contribution is -2.08. The molecule has 0 aliphatic heterocycles. The maximum atomic E-state index is 10.5. The first-order chi connectivity index (χ1) is 8.59. The Hall–Kier alpha value is -1.51. The summed E-state index contributed by atoms with van der Waals surface area (Å²) < 4.78 is 0. The first-order valence-electron chi connectivity index (χ1n) is 6.64. The molecule has 3 nitrogen and oxygen atoms in total. The molecule has 0 fully saturated rings. The molecule has 3 heteroatoms. The first-order valence-corrected chi connectivity index (χ1v) is 6.64.